The second kappa shape index (κ2) is 7.97. The van der Waals surface area contributed by atoms with Gasteiger partial charge in [-0.3, -0.25) is 4.79 Å². The summed E-state index contributed by atoms with van der Waals surface area (Å²) in [5, 5.41) is 5.19. The number of nitrogens with two attached hydrogens (primary N) is 1. The summed E-state index contributed by atoms with van der Waals surface area (Å²) >= 11 is 3.40. The topological polar surface area (TPSA) is 98.9 Å². The molecule has 0 bridgehead atoms. The molecule has 2 aromatic rings. The molecule has 0 saturated carbocycles. The van der Waals surface area contributed by atoms with Crippen LogP contribution in [0.1, 0.15) is 22.0 Å². The van der Waals surface area contributed by atoms with Crippen molar-refractivity contribution in [2.24, 2.45) is 5.14 Å². The van der Waals surface area contributed by atoms with Gasteiger partial charge < -0.3 is 14.4 Å². The van der Waals surface area contributed by atoms with Crippen LogP contribution in [0.5, 0.6) is 5.75 Å². The van der Waals surface area contributed by atoms with Gasteiger partial charge in [-0.1, -0.05) is 28.1 Å². The first-order chi connectivity index (χ1) is 12.8. The standard InChI is InChI=1S/C18H19BrN2O5S/c1-25-16-7-6-14(27(20,23)24)10-15(16)18(22)21-8-9-26-17(11-21)12-2-4-13(19)5-3-12/h2-7,10,17H,8-9,11H2,1H3,(H2,20,23,24). The number of nitrogens with zero attached hydrogens (tertiary/aromatic N) is 1. The number of halogens is 1. The zero-order chi connectivity index (χ0) is 19.6. The Kier molecular flexibility index (Phi) is 5.85. The van der Waals surface area contributed by atoms with Crippen molar-refractivity contribution >= 4 is 31.9 Å². The number of carbonyl (C=O) groups is 1. The molecule has 1 amide bonds. The molecule has 2 N–H and O–H groups in total. The smallest absolute Gasteiger partial charge is 0.257 e. The van der Waals surface area contributed by atoms with Gasteiger partial charge in [-0.25, -0.2) is 13.6 Å². The van der Waals surface area contributed by atoms with Crippen LogP contribution >= 0.6 is 15.9 Å². The quantitative estimate of drug-likeness (QED) is 0.763. The van der Waals surface area contributed by atoms with Gasteiger partial charge in [0.15, 0.2) is 0 Å². The molecule has 1 fully saturated rings. The Hall–Kier alpha value is -1.94. The molecule has 1 atom stereocenters. The van der Waals surface area contributed by atoms with E-state index in [4.69, 9.17) is 14.6 Å². The molecule has 1 heterocycles. The fourth-order valence-electron chi connectivity index (χ4n) is 2.91. The SMILES string of the molecule is COc1ccc(S(N)(=O)=O)cc1C(=O)N1CCOC(c2ccc(Br)cc2)C1. The van der Waals surface area contributed by atoms with Crippen molar-refractivity contribution in [1.29, 1.82) is 0 Å². The van der Waals surface area contributed by atoms with E-state index < -0.39 is 10.0 Å². The minimum atomic E-state index is -3.93. The lowest BCUT2D eigenvalue weighted by molar-refractivity contribution is -0.0229. The molecule has 7 nitrogen and oxygen atoms in total. The molecule has 0 spiro atoms. The molecule has 144 valence electrons. The first-order valence-electron chi connectivity index (χ1n) is 8.17. The van der Waals surface area contributed by atoms with Gasteiger partial charge in [0.1, 0.15) is 11.9 Å². The van der Waals surface area contributed by atoms with Crippen LogP contribution in [0, 0.1) is 0 Å². The fraction of sp³-hybridized carbons (Fsp3) is 0.278. The highest BCUT2D eigenvalue weighted by Crippen LogP contribution is 2.28. The van der Waals surface area contributed by atoms with Crippen LogP contribution in [0.15, 0.2) is 51.8 Å². The highest BCUT2D eigenvalue weighted by Gasteiger charge is 2.28. The van der Waals surface area contributed by atoms with E-state index in [1.807, 2.05) is 24.3 Å². The summed E-state index contributed by atoms with van der Waals surface area (Å²) in [6.07, 6.45) is -0.261. The van der Waals surface area contributed by atoms with E-state index in [9.17, 15) is 13.2 Å². The number of morpholine rings is 1. The molecule has 0 aliphatic carbocycles. The average Bonchev–Trinajstić information content (AvgIpc) is 2.67. The Bertz CT molecular complexity index is 947. The van der Waals surface area contributed by atoms with Crippen molar-refractivity contribution in [2.75, 3.05) is 26.8 Å². The molecule has 2 aromatic carbocycles. The lowest BCUT2D eigenvalue weighted by Gasteiger charge is -2.33. The summed E-state index contributed by atoms with van der Waals surface area (Å²) in [5.74, 6) is -0.0400. The average molecular weight is 455 g/mol. The normalized spacial score (nSPS) is 17.6. The van der Waals surface area contributed by atoms with E-state index >= 15 is 0 Å². The Balaban J connectivity index is 1.87. The van der Waals surface area contributed by atoms with Gasteiger partial charge in [-0.2, -0.15) is 0 Å². The summed E-state index contributed by atoms with van der Waals surface area (Å²) in [4.78, 5) is 14.5. The lowest BCUT2D eigenvalue weighted by Crippen LogP contribution is -2.42. The highest BCUT2D eigenvalue weighted by atomic mass is 79.9. The van der Waals surface area contributed by atoms with Crippen LogP contribution in [0.25, 0.3) is 0 Å². The number of carbonyl (C=O) groups excluding carboxylic acids is 1. The van der Waals surface area contributed by atoms with E-state index in [0.717, 1.165) is 10.0 Å². The zero-order valence-electron chi connectivity index (χ0n) is 14.6. The number of amides is 1. The van der Waals surface area contributed by atoms with E-state index in [1.54, 1.807) is 4.90 Å². The van der Waals surface area contributed by atoms with Gasteiger partial charge in [0, 0.05) is 11.0 Å². The van der Waals surface area contributed by atoms with Crippen molar-refractivity contribution in [3.63, 3.8) is 0 Å². The molecule has 9 heteroatoms. The number of benzene rings is 2. The fourth-order valence-corrected chi connectivity index (χ4v) is 3.72. The summed E-state index contributed by atoms with van der Waals surface area (Å²) < 4.78 is 35.3. The third kappa shape index (κ3) is 4.49. The maximum Gasteiger partial charge on any atom is 0.257 e. The number of methoxy groups -OCH3 is 1. The van der Waals surface area contributed by atoms with Crippen molar-refractivity contribution < 1.29 is 22.7 Å². The summed E-state index contributed by atoms with van der Waals surface area (Å²) in [5.41, 5.74) is 1.11. The molecule has 3 rings (SSSR count). The summed E-state index contributed by atoms with van der Waals surface area (Å²) in [7, 11) is -2.50. The largest absolute Gasteiger partial charge is 0.496 e. The molecule has 0 radical (unpaired) electrons. The predicted molar refractivity (Wildman–Crippen MR) is 103 cm³/mol. The van der Waals surface area contributed by atoms with Crippen molar-refractivity contribution in [1.82, 2.24) is 4.90 Å². The van der Waals surface area contributed by atoms with Crippen LogP contribution in [0.2, 0.25) is 0 Å². The Labute approximate surface area is 166 Å². The van der Waals surface area contributed by atoms with Crippen molar-refractivity contribution in [2.45, 2.75) is 11.0 Å². The van der Waals surface area contributed by atoms with Gasteiger partial charge in [-0.05, 0) is 35.9 Å². The summed E-state index contributed by atoms with van der Waals surface area (Å²) in [6.45, 7) is 1.13. The molecule has 1 saturated heterocycles. The van der Waals surface area contributed by atoms with E-state index in [1.165, 1.54) is 25.3 Å². The van der Waals surface area contributed by atoms with Gasteiger partial charge in [0.2, 0.25) is 10.0 Å². The highest BCUT2D eigenvalue weighted by molar-refractivity contribution is 9.10. The van der Waals surface area contributed by atoms with Crippen LogP contribution in [-0.2, 0) is 14.8 Å². The molecule has 1 unspecified atom stereocenters. The second-order valence-corrected chi connectivity index (χ2v) is 8.55. The minimum Gasteiger partial charge on any atom is -0.496 e. The van der Waals surface area contributed by atoms with Gasteiger partial charge >= 0.3 is 0 Å². The molecular formula is C18H19BrN2O5S. The van der Waals surface area contributed by atoms with Gasteiger partial charge in [0.25, 0.3) is 5.91 Å². The van der Waals surface area contributed by atoms with Gasteiger partial charge in [-0.15, -0.1) is 0 Å². The Morgan fingerprint density at radius 3 is 2.59 bits per heavy atom. The van der Waals surface area contributed by atoms with Crippen molar-refractivity contribution in [3.05, 3.63) is 58.1 Å². The Morgan fingerprint density at radius 2 is 1.96 bits per heavy atom. The lowest BCUT2D eigenvalue weighted by atomic mass is 10.1. The van der Waals surface area contributed by atoms with Crippen LogP contribution < -0.4 is 9.88 Å². The number of sulfonamides is 1. The first kappa shape index (κ1) is 19.8. The minimum absolute atomic E-state index is 0.135. The number of hydrogen-bond acceptors (Lipinski definition) is 5. The zero-order valence-corrected chi connectivity index (χ0v) is 17.0. The maximum atomic E-state index is 13.0. The predicted octanol–water partition coefficient (Wildman–Crippen LogP) is 2.32. The molecule has 1 aliphatic heterocycles. The summed E-state index contributed by atoms with van der Waals surface area (Å²) in [6, 6.07) is 11.7. The molecule has 0 aromatic heterocycles. The van der Waals surface area contributed by atoms with Gasteiger partial charge in [0.05, 0.1) is 30.7 Å². The van der Waals surface area contributed by atoms with E-state index in [-0.39, 0.29) is 22.5 Å². The van der Waals surface area contributed by atoms with Crippen molar-refractivity contribution in [3.8, 4) is 5.75 Å². The third-order valence-corrected chi connectivity index (χ3v) is 5.77. The third-order valence-electron chi connectivity index (χ3n) is 4.33. The first-order valence-corrected chi connectivity index (χ1v) is 10.5. The second-order valence-electron chi connectivity index (χ2n) is 6.07. The van der Waals surface area contributed by atoms with E-state index in [0.29, 0.717) is 25.4 Å². The number of primary sulfonamides is 1. The Morgan fingerprint density at radius 1 is 1.26 bits per heavy atom. The maximum absolute atomic E-state index is 13.0. The molecule has 27 heavy (non-hydrogen) atoms. The number of rotatable bonds is 4. The molecular weight excluding hydrogens is 436 g/mol. The number of hydrogen-bond donors (Lipinski definition) is 1. The molecule has 1 aliphatic rings. The van der Waals surface area contributed by atoms with Crippen LogP contribution in [-0.4, -0.2) is 46.0 Å². The monoisotopic (exact) mass is 454 g/mol. The van der Waals surface area contributed by atoms with E-state index in [2.05, 4.69) is 15.9 Å². The number of ether oxygens (including phenoxy) is 2. The van der Waals surface area contributed by atoms with Crippen LogP contribution in [0.3, 0.4) is 0 Å². The van der Waals surface area contributed by atoms with Crippen LogP contribution in [0.4, 0.5) is 0 Å².